The molecule has 2 aromatic carbocycles. The van der Waals surface area contributed by atoms with Crippen molar-refractivity contribution in [3.63, 3.8) is 0 Å². The molecule has 0 spiro atoms. The smallest absolute Gasteiger partial charge is 0.319 e. The number of nitrogens with one attached hydrogen (secondary N) is 2. The topological polar surface area (TPSA) is 109 Å². The second-order valence-electron chi connectivity index (χ2n) is 7.32. The quantitative estimate of drug-likeness (QED) is 0.626. The van der Waals surface area contributed by atoms with Gasteiger partial charge in [-0.2, -0.15) is 4.31 Å². The van der Waals surface area contributed by atoms with Gasteiger partial charge in [0.05, 0.1) is 17.0 Å². The van der Waals surface area contributed by atoms with Crippen molar-refractivity contribution < 1.29 is 13.2 Å². The van der Waals surface area contributed by atoms with E-state index in [9.17, 15) is 13.2 Å². The number of hydrogen-bond donors (Lipinski definition) is 2. The maximum absolute atomic E-state index is 12.7. The van der Waals surface area contributed by atoms with Crippen molar-refractivity contribution in [1.29, 1.82) is 0 Å². The van der Waals surface area contributed by atoms with Gasteiger partial charge in [-0.05, 0) is 55.7 Å². The molecule has 2 heterocycles. The van der Waals surface area contributed by atoms with Gasteiger partial charge in [-0.25, -0.2) is 17.9 Å². The van der Waals surface area contributed by atoms with Crippen LogP contribution in [0.15, 0.2) is 47.4 Å². The summed E-state index contributed by atoms with van der Waals surface area (Å²) in [7, 11) is -3.49. The Morgan fingerprint density at radius 2 is 1.93 bits per heavy atom. The Labute approximate surface area is 175 Å². The van der Waals surface area contributed by atoms with Gasteiger partial charge in [0.1, 0.15) is 5.52 Å². The first-order valence-electron chi connectivity index (χ1n) is 9.88. The Morgan fingerprint density at radius 3 is 2.70 bits per heavy atom. The van der Waals surface area contributed by atoms with E-state index in [4.69, 9.17) is 0 Å². The third-order valence-electron chi connectivity index (χ3n) is 5.07. The van der Waals surface area contributed by atoms with Crippen LogP contribution in [0.3, 0.4) is 0 Å². The lowest BCUT2D eigenvalue weighted by Crippen LogP contribution is -2.31. The number of aromatic nitrogens is 3. The Bertz CT molecular complexity index is 1170. The second-order valence-corrected chi connectivity index (χ2v) is 9.26. The van der Waals surface area contributed by atoms with Gasteiger partial charge < -0.3 is 10.6 Å². The fourth-order valence-electron chi connectivity index (χ4n) is 3.53. The molecule has 1 saturated heterocycles. The van der Waals surface area contributed by atoms with Gasteiger partial charge in [-0.3, -0.25) is 0 Å². The Kier molecular flexibility index (Phi) is 5.69. The number of amides is 2. The van der Waals surface area contributed by atoms with Crippen LogP contribution in [0.1, 0.15) is 18.4 Å². The third-order valence-corrected chi connectivity index (χ3v) is 6.97. The molecule has 2 amide bonds. The number of sulfonamides is 1. The van der Waals surface area contributed by atoms with Gasteiger partial charge in [0, 0.05) is 25.3 Å². The minimum absolute atomic E-state index is 0.236. The van der Waals surface area contributed by atoms with Crippen molar-refractivity contribution in [2.24, 2.45) is 0 Å². The summed E-state index contributed by atoms with van der Waals surface area (Å²) in [6.07, 6.45) is 1.78. The third kappa shape index (κ3) is 4.29. The molecule has 0 bridgehead atoms. The molecule has 1 aliphatic rings. The summed E-state index contributed by atoms with van der Waals surface area (Å²) >= 11 is 0. The van der Waals surface area contributed by atoms with Crippen LogP contribution in [0, 0.1) is 6.92 Å². The predicted octanol–water partition coefficient (Wildman–Crippen LogP) is 2.35. The number of urea groups is 1. The minimum Gasteiger partial charge on any atom is -0.336 e. The van der Waals surface area contributed by atoms with E-state index in [1.54, 1.807) is 22.9 Å². The number of hydrogen-bond acceptors (Lipinski definition) is 5. The molecular weight excluding hydrogens is 404 g/mol. The molecule has 158 valence electrons. The highest BCUT2D eigenvalue weighted by Crippen LogP contribution is 2.23. The SMILES string of the molecule is Cc1cccc(NC(=O)NCCn2nnc3cc(S(=O)(=O)N4CCCC4)ccc32)c1. The maximum Gasteiger partial charge on any atom is 0.319 e. The van der Waals surface area contributed by atoms with Crippen LogP contribution in [0.5, 0.6) is 0 Å². The molecule has 4 rings (SSSR count). The van der Waals surface area contributed by atoms with Crippen molar-refractivity contribution in [2.45, 2.75) is 31.2 Å². The zero-order valence-corrected chi connectivity index (χ0v) is 17.5. The van der Waals surface area contributed by atoms with Crippen molar-refractivity contribution in [1.82, 2.24) is 24.6 Å². The largest absolute Gasteiger partial charge is 0.336 e. The first-order chi connectivity index (χ1) is 14.4. The summed E-state index contributed by atoms with van der Waals surface area (Å²) in [4.78, 5) is 12.3. The molecule has 30 heavy (non-hydrogen) atoms. The van der Waals surface area contributed by atoms with Crippen LogP contribution in [0.25, 0.3) is 11.0 Å². The predicted molar refractivity (Wildman–Crippen MR) is 114 cm³/mol. The van der Waals surface area contributed by atoms with Crippen molar-refractivity contribution >= 4 is 32.8 Å². The number of aryl methyl sites for hydroxylation is 1. The number of carbonyl (C=O) groups is 1. The van der Waals surface area contributed by atoms with Crippen LogP contribution >= 0.6 is 0 Å². The highest BCUT2D eigenvalue weighted by Gasteiger charge is 2.27. The molecule has 0 atom stereocenters. The zero-order chi connectivity index (χ0) is 21.1. The molecule has 1 fully saturated rings. The van der Waals surface area contributed by atoms with Gasteiger partial charge >= 0.3 is 6.03 Å². The molecule has 2 N–H and O–H groups in total. The van der Waals surface area contributed by atoms with Crippen molar-refractivity contribution in [3.8, 4) is 0 Å². The highest BCUT2D eigenvalue weighted by molar-refractivity contribution is 7.89. The molecule has 9 nitrogen and oxygen atoms in total. The fourth-order valence-corrected chi connectivity index (χ4v) is 5.07. The molecule has 0 radical (unpaired) electrons. The van der Waals surface area contributed by atoms with E-state index in [0.29, 0.717) is 31.7 Å². The van der Waals surface area contributed by atoms with E-state index in [1.807, 2.05) is 31.2 Å². The summed E-state index contributed by atoms with van der Waals surface area (Å²) in [5.41, 5.74) is 3.02. The molecule has 0 aliphatic carbocycles. The molecule has 3 aromatic rings. The lowest BCUT2D eigenvalue weighted by atomic mass is 10.2. The van der Waals surface area contributed by atoms with Gasteiger partial charge in [-0.1, -0.05) is 17.3 Å². The molecule has 1 aliphatic heterocycles. The Hall–Kier alpha value is -2.98. The minimum atomic E-state index is -3.49. The van der Waals surface area contributed by atoms with Gasteiger partial charge in [0.25, 0.3) is 0 Å². The van der Waals surface area contributed by atoms with Crippen LogP contribution in [-0.2, 0) is 16.6 Å². The fraction of sp³-hybridized carbons (Fsp3) is 0.350. The van der Waals surface area contributed by atoms with Gasteiger partial charge in [-0.15, -0.1) is 5.10 Å². The summed E-state index contributed by atoms with van der Waals surface area (Å²) < 4.78 is 28.6. The number of carbonyl (C=O) groups excluding carboxylic acids is 1. The molecule has 0 unspecified atom stereocenters. The molecule has 0 saturated carbocycles. The van der Waals surface area contributed by atoms with Crippen molar-refractivity contribution in [2.75, 3.05) is 25.0 Å². The first kappa shape index (κ1) is 20.3. The highest BCUT2D eigenvalue weighted by atomic mass is 32.2. The van der Waals surface area contributed by atoms with E-state index in [-0.39, 0.29) is 10.9 Å². The van der Waals surface area contributed by atoms with E-state index >= 15 is 0 Å². The van der Waals surface area contributed by atoms with Gasteiger partial charge in [0.2, 0.25) is 10.0 Å². The Balaban J connectivity index is 1.38. The average Bonchev–Trinajstić information content (AvgIpc) is 3.38. The number of rotatable bonds is 6. The van der Waals surface area contributed by atoms with E-state index in [2.05, 4.69) is 20.9 Å². The molecule has 1 aromatic heterocycles. The van der Waals surface area contributed by atoms with Gasteiger partial charge in [0.15, 0.2) is 0 Å². The van der Waals surface area contributed by atoms with Crippen LogP contribution in [0.4, 0.5) is 10.5 Å². The molecule has 10 heteroatoms. The van der Waals surface area contributed by atoms with E-state index in [1.165, 1.54) is 4.31 Å². The second kappa shape index (κ2) is 8.41. The number of fused-ring (bicyclic) bond motifs is 1. The maximum atomic E-state index is 12.7. The van der Waals surface area contributed by atoms with E-state index < -0.39 is 10.0 Å². The summed E-state index contributed by atoms with van der Waals surface area (Å²) in [5, 5.41) is 13.8. The zero-order valence-electron chi connectivity index (χ0n) is 16.7. The van der Waals surface area contributed by atoms with E-state index in [0.717, 1.165) is 29.6 Å². The number of nitrogens with zero attached hydrogens (tertiary/aromatic N) is 4. The van der Waals surface area contributed by atoms with Crippen molar-refractivity contribution in [3.05, 3.63) is 48.0 Å². The van der Waals surface area contributed by atoms with Crippen LogP contribution < -0.4 is 10.6 Å². The normalized spacial score (nSPS) is 14.8. The summed E-state index contributed by atoms with van der Waals surface area (Å²) in [5.74, 6) is 0. The number of benzene rings is 2. The lowest BCUT2D eigenvalue weighted by molar-refractivity contribution is 0.251. The number of anilines is 1. The lowest BCUT2D eigenvalue weighted by Gasteiger charge is -2.15. The monoisotopic (exact) mass is 428 g/mol. The van der Waals surface area contributed by atoms with Crippen LogP contribution in [0.2, 0.25) is 0 Å². The average molecular weight is 429 g/mol. The molecular formula is C20H24N6O3S. The standard InChI is InChI=1S/C20H24N6O3S/c1-15-5-4-6-16(13-15)22-20(27)21-9-12-26-19-8-7-17(14-18(19)23-24-26)30(28,29)25-10-2-3-11-25/h4-8,13-14H,2-3,9-12H2,1H3,(H2,21,22,27). The summed E-state index contributed by atoms with van der Waals surface area (Å²) in [6.45, 7) is 3.84. The summed E-state index contributed by atoms with van der Waals surface area (Å²) in [6, 6.07) is 12.1. The Morgan fingerprint density at radius 1 is 1.13 bits per heavy atom. The first-order valence-corrected chi connectivity index (χ1v) is 11.3. The van der Waals surface area contributed by atoms with Crippen LogP contribution in [-0.4, -0.2) is 53.4 Å².